The molecule has 60 heavy (non-hydrogen) atoms. The predicted octanol–water partition coefficient (Wildman–Crippen LogP) is 6.82. The van der Waals surface area contributed by atoms with Crippen molar-refractivity contribution in [1.82, 2.24) is 15.2 Å². The number of halogens is 6. The number of hydrogen-bond acceptors (Lipinski definition) is 10. The third kappa shape index (κ3) is 10.4. The van der Waals surface area contributed by atoms with E-state index in [-0.39, 0.29) is 42.1 Å². The lowest BCUT2D eigenvalue weighted by atomic mass is 9.94. The Balaban J connectivity index is 0.821. The van der Waals surface area contributed by atoms with Crippen molar-refractivity contribution in [2.24, 2.45) is 11.8 Å². The minimum absolute atomic E-state index is 0.0212. The van der Waals surface area contributed by atoms with Crippen molar-refractivity contribution in [2.75, 3.05) is 66.2 Å². The van der Waals surface area contributed by atoms with Gasteiger partial charge < -0.3 is 30.1 Å². The van der Waals surface area contributed by atoms with Gasteiger partial charge in [-0.2, -0.15) is 31.6 Å². The normalized spacial score (nSPS) is 20.4. The molecule has 1 aromatic heterocycles. The van der Waals surface area contributed by atoms with Gasteiger partial charge in [0.25, 0.3) is 0 Å². The van der Waals surface area contributed by atoms with Crippen LogP contribution in [-0.2, 0) is 26.7 Å². The van der Waals surface area contributed by atoms with E-state index in [2.05, 4.69) is 25.8 Å². The monoisotopic (exact) mass is 840 g/mol. The molecule has 4 fully saturated rings. The molecule has 12 nitrogen and oxygen atoms in total. The number of rotatable bonds is 10. The highest BCUT2D eigenvalue weighted by Crippen LogP contribution is 2.40. The third-order valence-electron chi connectivity index (χ3n) is 11.8. The quantitative estimate of drug-likeness (QED) is 0.147. The van der Waals surface area contributed by atoms with Crippen LogP contribution in [0.25, 0.3) is 0 Å². The van der Waals surface area contributed by atoms with Gasteiger partial charge in [0.2, 0.25) is 17.7 Å². The second kappa shape index (κ2) is 18.0. The second-order valence-electron chi connectivity index (χ2n) is 15.9. The van der Waals surface area contributed by atoms with Gasteiger partial charge in [0.1, 0.15) is 23.7 Å². The van der Waals surface area contributed by atoms with Crippen molar-refractivity contribution in [3.63, 3.8) is 0 Å². The maximum Gasteiger partial charge on any atom is 0.418 e. The summed E-state index contributed by atoms with van der Waals surface area (Å²) in [5, 5.41) is 17.0. The van der Waals surface area contributed by atoms with Crippen molar-refractivity contribution in [1.29, 1.82) is 5.26 Å². The van der Waals surface area contributed by atoms with Gasteiger partial charge >= 0.3 is 12.4 Å². The van der Waals surface area contributed by atoms with E-state index in [1.165, 1.54) is 18.2 Å². The number of carbonyl (C=O) groups excluding carboxylic acids is 3. The summed E-state index contributed by atoms with van der Waals surface area (Å²) in [5.74, 6) is -0.219. The number of pyridine rings is 1. The molecule has 4 aliphatic heterocycles. The first-order valence-corrected chi connectivity index (χ1v) is 20.2. The molecule has 1 unspecified atom stereocenters. The molecule has 7 rings (SSSR count). The van der Waals surface area contributed by atoms with Crippen molar-refractivity contribution < 1.29 is 45.5 Å². The van der Waals surface area contributed by atoms with Crippen LogP contribution in [0.1, 0.15) is 68.1 Å². The summed E-state index contributed by atoms with van der Waals surface area (Å²) >= 11 is 0. The first kappa shape index (κ1) is 42.6. The number of nitrogens with zero attached hydrogens (tertiary/aromatic N) is 5. The molecule has 0 bridgehead atoms. The number of anilines is 4. The molecule has 0 radical (unpaired) electrons. The Bertz CT molecular complexity index is 2070. The fourth-order valence-corrected chi connectivity index (χ4v) is 8.50. The molecule has 0 spiro atoms. The van der Waals surface area contributed by atoms with E-state index in [0.717, 1.165) is 57.5 Å². The van der Waals surface area contributed by atoms with Crippen LogP contribution >= 0.6 is 0 Å². The first-order valence-electron chi connectivity index (χ1n) is 20.2. The van der Waals surface area contributed by atoms with Gasteiger partial charge in [-0.25, -0.2) is 4.98 Å². The molecule has 0 aliphatic carbocycles. The smallest absolute Gasteiger partial charge is 0.418 e. The zero-order valence-electron chi connectivity index (χ0n) is 32.7. The molecule has 5 heterocycles. The van der Waals surface area contributed by atoms with Gasteiger partial charge in [-0.05, 0) is 99.4 Å². The number of benzene rings is 2. The molecule has 1 atom stereocenters. The Morgan fingerprint density at radius 2 is 1.53 bits per heavy atom. The fraction of sp³-hybridized carbons (Fsp3) is 0.500. The Morgan fingerprint density at radius 3 is 2.17 bits per heavy atom. The zero-order valence-corrected chi connectivity index (χ0v) is 32.7. The summed E-state index contributed by atoms with van der Waals surface area (Å²) in [5.41, 5.74) is -1.52. The van der Waals surface area contributed by atoms with Crippen LogP contribution in [0.3, 0.4) is 0 Å². The van der Waals surface area contributed by atoms with Gasteiger partial charge in [0.15, 0.2) is 0 Å². The van der Waals surface area contributed by atoms with Gasteiger partial charge in [0, 0.05) is 75.2 Å². The van der Waals surface area contributed by atoms with Crippen LogP contribution in [0.15, 0.2) is 54.7 Å². The standard InChI is InChI=1S/C42H46F6N8O4/c43-41(44,45)33-22-30(3-1-28(33)23-49)55-19-11-27(12-20-55)39(58)52-37-7-4-32(24-50-37)60-31-13-15-54(16-14-31)25-26-9-17-56(18-10-26)36-6-2-29(21-34(36)42(46,47)48)51-35-5-8-38(57)53-40(35)59/h1-4,6-7,21-22,24,26-27,31,35,51H,5,8-20,25H2,(H,50,52,58)(H,53,57,59). The summed E-state index contributed by atoms with van der Waals surface area (Å²) in [6, 6.07) is 11.9. The molecule has 3 aromatic rings. The largest absolute Gasteiger partial charge is 0.489 e. The average Bonchev–Trinajstić information content (AvgIpc) is 3.23. The van der Waals surface area contributed by atoms with Crippen LogP contribution in [0.5, 0.6) is 5.75 Å². The molecule has 4 saturated heterocycles. The van der Waals surface area contributed by atoms with Gasteiger partial charge in [-0.1, -0.05) is 0 Å². The van der Waals surface area contributed by atoms with E-state index in [0.29, 0.717) is 62.2 Å². The highest BCUT2D eigenvalue weighted by molar-refractivity contribution is 6.01. The SMILES string of the molecule is N#Cc1ccc(N2CCC(C(=O)Nc3ccc(OC4CCN(CC5CCN(c6ccc(NC7CCC(=O)NC7=O)cc6C(F)(F)F)CC5)CC4)cn3)CC2)cc1C(F)(F)F. The Labute approximate surface area is 343 Å². The summed E-state index contributed by atoms with van der Waals surface area (Å²) < 4.78 is 89.2. The molecule has 320 valence electrons. The number of nitrogens with one attached hydrogen (secondary N) is 3. The fourth-order valence-electron chi connectivity index (χ4n) is 8.50. The lowest BCUT2D eigenvalue weighted by Crippen LogP contribution is -2.47. The first-order chi connectivity index (χ1) is 28.6. The maximum atomic E-state index is 14.2. The van der Waals surface area contributed by atoms with Crippen LogP contribution in [0, 0.1) is 23.2 Å². The van der Waals surface area contributed by atoms with Crippen molar-refractivity contribution in [2.45, 2.75) is 75.9 Å². The molecule has 3 N–H and O–H groups in total. The Hall–Kier alpha value is -5.57. The van der Waals surface area contributed by atoms with E-state index in [9.17, 15) is 40.7 Å². The van der Waals surface area contributed by atoms with Crippen molar-refractivity contribution in [3.8, 4) is 11.8 Å². The molecule has 2 aromatic carbocycles. The number of carbonyl (C=O) groups is 3. The highest BCUT2D eigenvalue weighted by atomic mass is 19.4. The number of ether oxygens (including phenoxy) is 1. The summed E-state index contributed by atoms with van der Waals surface area (Å²) in [7, 11) is 0. The Kier molecular flexibility index (Phi) is 12.7. The number of nitriles is 1. The highest BCUT2D eigenvalue weighted by Gasteiger charge is 2.38. The molecule has 4 aliphatic rings. The number of amides is 3. The topological polar surface area (TPSA) is 143 Å². The molecule has 3 amide bonds. The number of imide groups is 1. The predicted molar refractivity (Wildman–Crippen MR) is 210 cm³/mol. The number of likely N-dealkylation sites (tertiary alicyclic amines) is 1. The number of hydrogen-bond donors (Lipinski definition) is 3. The van der Waals surface area contributed by atoms with Gasteiger partial charge in [0.05, 0.1) is 29.0 Å². The average molecular weight is 841 g/mol. The summed E-state index contributed by atoms with van der Waals surface area (Å²) in [4.78, 5) is 46.9. The van der Waals surface area contributed by atoms with Crippen molar-refractivity contribution >= 4 is 40.6 Å². The number of aromatic nitrogens is 1. The van der Waals surface area contributed by atoms with Gasteiger partial charge in [-0.15, -0.1) is 0 Å². The van der Waals surface area contributed by atoms with Crippen LogP contribution in [-0.4, -0.2) is 85.6 Å². The number of alkyl halides is 6. The van der Waals surface area contributed by atoms with E-state index in [1.807, 2.05) is 0 Å². The maximum absolute atomic E-state index is 14.2. The zero-order chi connectivity index (χ0) is 42.6. The van der Waals surface area contributed by atoms with Crippen molar-refractivity contribution in [3.05, 3.63) is 71.4 Å². The molecular weight excluding hydrogens is 795 g/mol. The van der Waals surface area contributed by atoms with Crippen LogP contribution in [0.4, 0.5) is 49.2 Å². The van der Waals surface area contributed by atoms with E-state index < -0.39 is 46.9 Å². The lowest BCUT2D eigenvalue weighted by molar-refractivity contribution is -0.138. The summed E-state index contributed by atoms with van der Waals surface area (Å²) in [6.45, 7) is 4.24. The summed E-state index contributed by atoms with van der Waals surface area (Å²) in [6.07, 6.45) is -3.39. The van der Waals surface area contributed by atoms with E-state index >= 15 is 0 Å². The van der Waals surface area contributed by atoms with E-state index in [1.54, 1.807) is 40.3 Å². The number of piperidine rings is 4. The van der Waals surface area contributed by atoms with E-state index in [4.69, 9.17) is 10.00 Å². The van der Waals surface area contributed by atoms with Crippen LogP contribution < -0.4 is 30.5 Å². The molecule has 0 saturated carbocycles. The van der Waals surface area contributed by atoms with Crippen LogP contribution in [0.2, 0.25) is 0 Å². The second-order valence-corrected chi connectivity index (χ2v) is 15.9. The molecule has 18 heteroatoms. The minimum Gasteiger partial charge on any atom is -0.489 e. The lowest BCUT2D eigenvalue weighted by Gasteiger charge is -2.39. The Morgan fingerprint density at radius 1 is 0.833 bits per heavy atom. The third-order valence-corrected chi connectivity index (χ3v) is 11.8. The van der Waals surface area contributed by atoms with Gasteiger partial charge in [-0.3, -0.25) is 19.7 Å². The minimum atomic E-state index is -4.64. The molecular formula is C42H46F6N8O4.